The van der Waals surface area contributed by atoms with Gasteiger partial charge in [-0.25, -0.2) is 4.68 Å². The number of hydrogen-bond acceptors (Lipinski definition) is 3. The summed E-state index contributed by atoms with van der Waals surface area (Å²) >= 11 is 0. The van der Waals surface area contributed by atoms with Crippen LogP contribution < -0.4 is 5.32 Å². The summed E-state index contributed by atoms with van der Waals surface area (Å²) in [5.74, 6) is -0.0835. The van der Waals surface area contributed by atoms with Gasteiger partial charge >= 0.3 is 0 Å². The van der Waals surface area contributed by atoms with E-state index >= 15 is 0 Å². The molecular weight excluding hydrogens is 302 g/mol. The highest BCUT2D eigenvalue weighted by Gasteiger charge is 2.27. The maximum Gasteiger partial charge on any atom is 0.272 e. The van der Waals surface area contributed by atoms with E-state index in [0.29, 0.717) is 5.69 Å². The summed E-state index contributed by atoms with van der Waals surface area (Å²) in [6.07, 6.45) is 2.34. The second-order valence-electron chi connectivity index (χ2n) is 6.90. The summed E-state index contributed by atoms with van der Waals surface area (Å²) in [5.41, 5.74) is 4.86. The molecule has 1 unspecified atom stereocenters. The summed E-state index contributed by atoms with van der Waals surface area (Å²) in [7, 11) is 0. The Labute approximate surface area is 142 Å². The van der Waals surface area contributed by atoms with E-state index in [1.165, 1.54) is 5.56 Å². The maximum atomic E-state index is 12.5. The number of carbonyl (C=O) groups excluding carboxylic acids is 1. The van der Waals surface area contributed by atoms with E-state index in [1.807, 2.05) is 30.7 Å². The minimum Gasteiger partial charge on any atom is -0.391 e. The van der Waals surface area contributed by atoms with Gasteiger partial charge < -0.3 is 10.4 Å². The van der Waals surface area contributed by atoms with Crippen LogP contribution in [0, 0.1) is 12.8 Å². The van der Waals surface area contributed by atoms with Crippen LogP contribution in [0.2, 0.25) is 0 Å². The fraction of sp³-hybridized carbons (Fsp3) is 0.474. The molecule has 0 fully saturated rings. The third-order valence-electron chi connectivity index (χ3n) is 4.67. The number of aliphatic hydroxyl groups excluding tert-OH is 1. The van der Waals surface area contributed by atoms with Gasteiger partial charge in [-0.15, -0.1) is 0 Å². The van der Waals surface area contributed by atoms with E-state index in [2.05, 4.69) is 29.5 Å². The third kappa shape index (κ3) is 3.22. The highest BCUT2D eigenvalue weighted by atomic mass is 16.3. The Kier molecular flexibility index (Phi) is 4.71. The molecule has 0 saturated carbocycles. The second kappa shape index (κ2) is 6.77. The van der Waals surface area contributed by atoms with Gasteiger partial charge in [0.25, 0.3) is 5.91 Å². The average molecular weight is 327 g/mol. The van der Waals surface area contributed by atoms with E-state index in [-0.39, 0.29) is 18.4 Å². The molecule has 128 valence electrons. The number of amides is 1. The van der Waals surface area contributed by atoms with Crippen molar-refractivity contribution in [1.82, 2.24) is 15.1 Å². The van der Waals surface area contributed by atoms with Crippen molar-refractivity contribution in [2.24, 2.45) is 5.92 Å². The Bertz CT molecular complexity index is 732. The lowest BCUT2D eigenvalue weighted by molar-refractivity contribution is 0.0866. The highest BCUT2D eigenvalue weighted by molar-refractivity contribution is 5.94. The van der Waals surface area contributed by atoms with Crippen molar-refractivity contribution < 1.29 is 9.90 Å². The third-order valence-corrected chi connectivity index (χ3v) is 4.67. The van der Waals surface area contributed by atoms with Gasteiger partial charge in [-0.05, 0) is 44.2 Å². The predicted octanol–water partition coefficient (Wildman–Crippen LogP) is 2.42. The van der Waals surface area contributed by atoms with Crippen LogP contribution in [0.4, 0.5) is 0 Å². The lowest BCUT2D eigenvalue weighted by atomic mass is 10.1. The molecule has 0 saturated heterocycles. The van der Waals surface area contributed by atoms with E-state index in [1.54, 1.807) is 0 Å². The molecule has 1 aliphatic carbocycles. The smallest absolute Gasteiger partial charge is 0.272 e. The van der Waals surface area contributed by atoms with Gasteiger partial charge in [-0.2, -0.15) is 5.10 Å². The minimum absolute atomic E-state index is 0.112. The largest absolute Gasteiger partial charge is 0.391 e. The molecule has 5 nitrogen and oxygen atoms in total. The molecular formula is C19H25N3O2. The van der Waals surface area contributed by atoms with Gasteiger partial charge in [0.05, 0.1) is 11.8 Å². The van der Waals surface area contributed by atoms with Crippen LogP contribution in [-0.4, -0.2) is 33.4 Å². The Balaban J connectivity index is 1.86. The first-order valence-electron chi connectivity index (χ1n) is 8.61. The molecule has 0 spiro atoms. The topological polar surface area (TPSA) is 67.2 Å². The molecule has 1 heterocycles. The molecule has 2 N–H and O–H groups in total. The number of aryl methyl sites for hydroxylation is 1. The number of nitrogens with zero attached hydrogens (tertiary/aromatic N) is 2. The second-order valence-corrected chi connectivity index (χ2v) is 6.90. The van der Waals surface area contributed by atoms with Gasteiger partial charge in [0.1, 0.15) is 0 Å². The summed E-state index contributed by atoms with van der Waals surface area (Å²) in [4.78, 5) is 12.5. The van der Waals surface area contributed by atoms with Crippen LogP contribution in [0.15, 0.2) is 24.3 Å². The quantitative estimate of drug-likeness (QED) is 0.886. The zero-order chi connectivity index (χ0) is 17.3. The fourth-order valence-corrected chi connectivity index (χ4v) is 3.04. The molecule has 0 aliphatic heterocycles. The Morgan fingerprint density at radius 3 is 2.67 bits per heavy atom. The number of rotatable bonds is 5. The maximum absolute atomic E-state index is 12.5. The van der Waals surface area contributed by atoms with Crippen molar-refractivity contribution in [3.8, 4) is 5.69 Å². The average Bonchev–Trinajstić information content (AvgIpc) is 3.15. The number of benzene rings is 1. The minimum atomic E-state index is -0.541. The van der Waals surface area contributed by atoms with Crippen LogP contribution in [-0.2, 0) is 12.8 Å². The molecule has 3 rings (SSSR count). The van der Waals surface area contributed by atoms with Crippen LogP contribution in [0.1, 0.15) is 47.6 Å². The fourth-order valence-electron chi connectivity index (χ4n) is 3.04. The lowest BCUT2D eigenvalue weighted by Crippen LogP contribution is -2.35. The number of carbonyl (C=O) groups is 1. The van der Waals surface area contributed by atoms with Gasteiger partial charge in [0, 0.05) is 17.8 Å². The molecule has 1 aromatic carbocycles. The monoisotopic (exact) mass is 327 g/mol. The lowest BCUT2D eigenvalue weighted by Gasteiger charge is -2.14. The number of fused-ring (bicyclic) bond motifs is 1. The predicted molar refractivity (Wildman–Crippen MR) is 93.5 cm³/mol. The number of aliphatic hydroxyl groups is 1. The molecule has 24 heavy (non-hydrogen) atoms. The van der Waals surface area contributed by atoms with Crippen LogP contribution in [0.25, 0.3) is 5.69 Å². The van der Waals surface area contributed by atoms with Crippen LogP contribution >= 0.6 is 0 Å². The highest BCUT2D eigenvalue weighted by Crippen LogP contribution is 2.27. The van der Waals surface area contributed by atoms with Crippen molar-refractivity contribution in [1.29, 1.82) is 0 Å². The van der Waals surface area contributed by atoms with Crippen molar-refractivity contribution in [3.63, 3.8) is 0 Å². The van der Waals surface area contributed by atoms with E-state index in [0.717, 1.165) is 36.2 Å². The summed E-state index contributed by atoms with van der Waals surface area (Å²) in [6, 6.07) is 8.17. The molecule has 2 aromatic rings. The van der Waals surface area contributed by atoms with Crippen LogP contribution in [0.5, 0.6) is 0 Å². The van der Waals surface area contributed by atoms with E-state index in [9.17, 15) is 9.90 Å². The molecule has 0 radical (unpaired) electrons. The van der Waals surface area contributed by atoms with Crippen molar-refractivity contribution in [3.05, 3.63) is 46.8 Å². The van der Waals surface area contributed by atoms with Crippen LogP contribution in [0.3, 0.4) is 0 Å². The SMILES string of the molecule is Cc1ccc(-n2nc(C(=O)NCC(O)C(C)C)c3c2CCC3)cc1. The molecule has 0 bridgehead atoms. The van der Waals surface area contributed by atoms with Crippen molar-refractivity contribution in [2.75, 3.05) is 6.54 Å². The van der Waals surface area contributed by atoms with Gasteiger partial charge in [0.15, 0.2) is 5.69 Å². The first kappa shape index (κ1) is 16.7. The van der Waals surface area contributed by atoms with E-state index < -0.39 is 6.10 Å². The molecule has 1 atom stereocenters. The number of nitrogens with one attached hydrogen (secondary N) is 1. The number of aromatic nitrogens is 2. The zero-order valence-corrected chi connectivity index (χ0v) is 14.5. The van der Waals surface area contributed by atoms with E-state index in [4.69, 9.17) is 0 Å². The molecule has 1 aromatic heterocycles. The first-order valence-corrected chi connectivity index (χ1v) is 8.61. The Morgan fingerprint density at radius 2 is 2.00 bits per heavy atom. The normalized spacial score (nSPS) is 14.7. The summed E-state index contributed by atoms with van der Waals surface area (Å²) in [5, 5.41) is 17.3. The van der Waals surface area contributed by atoms with Crippen molar-refractivity contribution in [2.45, 2.75) is 46.1 Å². The summed E-state index contributed by atoms with van der Waals surface area (Å²) < 4.78 is 1.90. The number of hydrogen-bond donors (Lipinski definition) is 2. The Hall–Kier alpha value is -2.14. The van der Waals surface area contributed by atoms with Gasteiger partial charge in [-0.1, -0.05) is 31.5 Å². The first-order chi connectivity index (χ1) is 11.5. The standard InChI is InChI=1S/C19H25N3O2/c1-12(2)17(23)11-20-19(24)18-15-5-4-6-16(15)22(21-18)14-9-7-13(3)8-10-14/h7-10,12,17,23H,4-6,11H2,1-3H3,(H,20,24). The molecule has 1 amide bonds. The summed E-state index contributed by atoms with van der Waals surface area (Å²) in [6.45, 7) is 6.17. The van der Waals surface area contributed by atoms with Crippen molar-refractivity contribution >= 4 is 5.91 Å². The van der Waals surface area contributed by atoms with Gasteiger partial charge in [0.2, 0.25) is 0 Å². The van der Waals surface area contributed by atoms with Gasteiger partial charge in [-0.3, -0.25) is 4.79 Å². The molecule has 5 heteroatoms. The molecule has 1 aliphatic rings. The zero-order valence-electron chi connectivity index (χ0n) is 14.5. The Morgan fingerprint density at radius 1 is 1.29 bits per heavy atom.